The van der Waals surface area contributed by atoms with E-state index in [-0.39, 0.29) is 34.8 Å². The summed E-state index contributed by atoms with van der Waals surface area (Å²) in [6, 6.07) is 16.9. The number of ether oxygens (including phenoxy) is 2. The SMILES string of the molecule is CC[C@@H](C)NC(=O)[C@H](C)N(Cc1ccc(F)cc1)C(=O)CN(c1ccccc1)S(=O)(=O)c1ccc(OC)c(OC)c1. The second kappa shape index (κ2) is 14.0. The van der Waals surface area contributed by atoms with Crippen LogP contribution in [0.1, 0.15) is 32.8 Å². The molecule has 220 valence electrons. The molecule has 1 N–H and O–H groups in total. The third-order valence-electron chi connectivity index (χ3n) is 6.70. The van der Waals surface area contributed by atoms with E-state index in [1.165, 1.54) is 61.6 Å². The van der Waals surface area contributed by atoms with Crippen molar-refractivity contribution in [1.82, 2.24) is 10.2 Å². The van der Waals surface area contributed by atoms with Crippen LogP contribution in [0.2, 0.25) is 0 Å². The van der Waals surface area contributed by atoms with Gasteiger partial charge in [0.2, 0.25) is 11.8 Å². The van der Waals surface area contributed by atoms with Gasteiger partial charge in [0.05, 0.1) is 24.8 Å². The Hall–Kier alpha value is -4.12. The lowest BCUT2D eigenvalue weighted by molar-refractivity contribution is -0.139. The minimum absolute atomic E-state index is 0.0345. The number of carbonyl (C=O) groups is 2. The zero-order valence-electron chi connectivity index (χ0n) is 23.8. The highest BCUT2D eigenvalue weighted by molar-refractivity contribution is 7.92. The number of hydrogen-bond acceptors (Lipinski definition) is 6. The Morgan fingerprint density at radius 3 is 2.15 bits per heavy atom. The van der Waals surface area contributed by atoms with E-state index in [0.29, 0.717) is 17.7 Å². The maximum absolute atomic E-state index is 14.0. The van der Waals surface area contributed by atoms with Gasteiger partial charge in [-0.15, -0.1) is 0 Å². The van der Waals surface area contributed by atoms with E-state index in [9.17, 15) is 22.4 Å². The molecule has 0 saturated carbocycles. The predicted molar refractivity (Wildman–Crippen MR) is 155 cm³/mol. The monoisotopic (exact) mass is 585 g/mol. The van der Waals surface area contributed by atoms with Gasteiger partial charge in [0, 0.05) is 18.7 Å². The molecular formula is C30H36FN3O6S. The minimum Gasteiger partial charge on any atom is -0.493 e. The number of benzene rings is 3. The molecule has 2 atom stereocenters. The highest BCUT2D eigenvalue weighted by atomic mass is 32.2. The zero-order valence-corrected chi connectivity index (χ0v) is 24.7. The molecule has 3 rings (SSSR count). The summed E-state index contributed by atoms with van der Waals surface area (Å²) in [5, 5.41) is 2.87. The molecule has 9 nitrogen and oxygen atoms in total. The molecule has 0 spiro atoms. The van der Waals surface area contributed by atoms with Gasteiger partial charge < -0.3 is 19.7 Å². The number of hydrogen-bond donors (Lipinski definition) is 1. The van der Waals surface area contributed by atoms with Crippen LogP contribution in [0, 0.1) is 5.82 Å². The molecule has 3 aromatic rings. The summed E-state index contributed by atoms with van der Waals surface area (Å²) >= 11 is 0. The number of carbonyl (C=O) groups excluding carboxylic acids is 2. The predicted octanol–water partition coefficient (Wildman–Crippen LogP) is 4.37. The van der Waals surface area contributed by atoms with Crippen molar-refractivity contribution in [2.45, 2.75) is 50.7 Å². The van der Waals surface area contributed by atoms with Gasteiger partial charge in [0.1, 0.15) is 18.4 Å². The molecule has 0 heterocycles. The zero-order chi connectivity index (χ0) is 30.2. The highest BCUT2D eigenvalue weighted by Gasteiger charge is 2.33. The lowest BCUT2D eigenvalue weighted by Crippen LogP contribution is -2.52. The van der Waals surface area contributed by atoms with Crippen molar-refractivity contribution in [3.63, 3.8) is 0 Å². The fraction of sp³-hybridized carbons (Fsp3) is 0.333. The summed E-state index contributed by atoms with van der Waals surface area (Å²) in [5.74, 6) is -0.884. The smallest absolute Gasteiger partial charge is 0.264 e. The van der Waals surface area contributed by atoms with Crippen LogP contribution < -0.4 is 19.1 Å². The van der Waals surface area contributed by atoms with E-state index in [1.807, 2.05) is 13.8 Å². The Bertz CT molecular complexity index is 1430. The summed E-state index contributed by atoms with van der Waals surface area (Å²) in [5.41, 5.74) is 0.839. The number of methoxy groups -OCH3 is 2. The number of amides is 2. The molecule has 0 saturated heterocycles. The summed E-state index contributed by atoms with van der Waals surface area (Å²) in [6.07, 6.45) is 0.690. The lowest BCUT2D eigenvalue weighted by atomic mass is 10.1. The first-order valence-electron chi connectivity index (χ1n) is 13.2. The summed E-state index contributed by atoms with van der Waals surface area (Å²) < 4.78 is 53.1. The van der Waals surface area contributed by atoms with E-state index >= 15 is 0 Å². The van der Waals surface area contributed by atoms with Crippen molar-refractivity contribution in [2.75, 3.05) is 25.1 Å². The molecule has 2 amide bonds. The Morgan fingerprint density at radius 2 is 1.56 bits per heavy atom. The molecule has 0 fully saturated rings. The Labute approximate surface area is 240 Å². The average Bonchev–Trinajstić information content (AvgIpc) is 2.98. The van der Waals surface area contributed by atoms with Crippen LogP contribution in [-0.4, -0.2) is 58.0 Å². The molecule has 0 aliphatic carbocycles. The maximum atomic E-state index is 14.0. The highest BCUT2D eigenvalue weighted by Crippen LogP contribution is 2.32. The van der Waals surface area contributed by atoms with Gasteiger partial charge in [0.15, 0.2) is 11.5 Å². The van der Waals surface area contributed by atoms with Gasteiger partial charge in [-0.2, -0.15) is 0 Å². The van der Waals surface area contributed by atoms with Crippen LogP contribution in [-0.2, 0) is 26.2 Å². The standard InChI is InChI=1S/C30H36FN3O6S/c1-6-21(2)32-30(36)22(3)33(19-23-12-14-24(31)15-13-23)29(35)20-34(25-10-8-7-9-11-25)41(37,38)26-16-17-27(39-4)28(18-26)40-5/h7-18,21-22H,6,19-20H2,1-5H3,(H,32,36)/t21-,22+/m1/s1. The number of sulfonamides is 1. The van der Waals surface area contributed by atoms with Gasteiger partial charge in [-0.05, 0) is 62.2 Å². The van der Waals surface area contributed by atoms with Crippen LogP contribution in [0.5, 0.6) is 11.5 Å². The summed E-state index contributed by atoms with van der Waals surface area (Å²) in [4.78, 5) is 28.2. The van der Waals surface area contributed by atoms with Crippen molar-refractivity contribution in [2.24, 2.45) is 0 Å². The second-order valence-electron chi connectivity index (χ2n) is 9.51. The van der Waals surface area contributed by atoms with E-state index < -0.39 is 34.3 Å². The molecule has 3 aromatic carbocycles. The number of rotatable bonds is 13. The molecular weight excluding hydrogens is 549 g/mol. The second-order valence-corrected chi connectivity index (χ2v) is 11.4. The lowest BCUT2D eigenvalue weighted by Gasteiger charge is -2.32. The molecule has 11 heteroatoms. The first kappa shape index (κ1) is 31.4. The Morgan fingerprint density at radius 1 is 0.927 bits per heavy atom. The third-order valence-corrected chi connectivity index (χ3v) is 8.47. The van der Waals surface area contributed by atoms with E-state index in [2.05, 4.69) is 5.32 Å². The molecule has 0 radical (unpaired) electrons. The van der Waals surface area contributed by atoms with Gasteiger partial charge in [-0.25, -0.2) is 12.8 Å². The Balaban J connectivity index is 2.03. The topological polar surface area (TPSA) is 105 Å². The van der Waals surface area contributed by atoms with Crippen molar-refractivity contribution in [3.8, 4) is 11.5 Å². The third kappa shape index (κ3) is 7.75. The van der Waals surface area contributed by atoms with E-state index in [4.69, 9.17) is 9.47 Å². The fourth-order valence-corrected chi connectivity index (χ4v) is 5.49. The van der Waals surface area contributed by atoms with E-state index in [0.717, 1.165) is 4.31 Å². The van der Waals surface area contributed by atoms with Gasteiger partial charge in [0.25, 0.3) is 10.0 Å². The largest absolute Gasteiger partial charge is 0.493 e. The van der Waals surface area contributed by atoms with Crippen LogP contribution in [0.4, 0.5) is 10.1 Å². The molecule has 41 heavy (non-hydrogen) atoms. The van der Waals surface area contributed by atoms with Gasteiger partial charge in [-0.1, -0.05) is 37.3 Å². The van der Waals surface area contributed by atoms with Crippen molar-refractivity contribution in [1.29, 1.82) is 0 Å². The molecule has 0 unspecified atom stereocenters. The number of nitrogens with zero attached hydrogens (tertiary/aromatic N) is 2. The number of para-hydroxylation sites is 1. The number of nitrogens with one attached hydrogen (secondary N) is 1. The van der Waals surface area contributed by atoms with Crippen molar-refractivity contribution < 1.29 is 31.9 Å². The van der Waals surface area contributed by atoms with E-state index in [1.54, 1.807) is 37.3 Å². The number of halogens is 1. The first-order chi connectivity index (χ1) is 19.5. The maximum Gasteiger partial charge on any atom is 0.264 e. The Kier molecular flexibility index (Phi) is 10.7. The van der Waals surface area contributed by atoms with Crippen molar-refractivity contribution >= 4 is 27.5 Å². The van der Waals surface area contributed by atoms with Gasteiger partial charge in [-0.3, -0.25) is 13.9 Å². The summed E-state index contributed by atoms with van der Waals surface area (Å²) in [6.45, 7) is 4.72. The minimum atomic E-state index is -4.29. The van der Waals surface area contributed by atoms with Gasteiger partial charge >= 0.3 is 0 Å². The molecule has 0 aliphatic rings. The summed E-state index contributed by atoms with van der Waals surface area (Å²) in [7, 11) is -1.45. The fourth-order valence-electron chi connectivity index (χ4n) is 4.06. The molecule has 0 aromatic heterocycles. The van der Waals surface area contributed by atoms with Crippen LogP contribution in [0.15, 0.2) is 77.7 Å². The average molecular weight is 586 g/mol. The first-order valence-corrected chi connectivity index (χ1v) is 14.6. The van der Waals surface area contributed by atoms with Crippen LogP contribution in [0.25, 0.3) is 0 Å². The molecule has 0 bridgehead atoms. The van der Waals surface area contributed by atoms with Crippen LogP contribution in [0.3, 0.4) is 0 Å². The number of anilines is 1. The quantitative estimate of drug-likeness (QED) is 0.320. The molecule has 0 aliphatic heterocycles. The van der Waals surface area contributed by atoms with Crippen LogP contribution >= 0.6 is 0 Å². The normalized spacial score (nSPS) is 12.6. The van der Waals surface area contributed by atoms with Crippen molar-refractivity contribution in [3.05, 3.63) is 84.2 Å².